The molecule has 1 fully saturated rings. The minimum absolute atomic E-state index is 0.128. The highest BCUT2D eigenvalue weighted by Gasteiger charge is 2.23. The number of nitrogens with one attached hydrogen (secondary N) is 1. The Morgan fingerprint density at radius 2 is 2.43 bits per heavy atom. The number of anilines is 1. The molecule has 7 heteroatoms. The Kier molecular flexibility index (Phi) is 5.06. The molecule has 0 aliphatic carbocycles. The second kappa shape index (κ2) is 6.80. The number of likely N-dealkylation sites (N-methyl/N-ethyl adjacent to an activating group) is 1. The standard InChI is InChI=1S/C14H25N5O2/c1-11(20)8-17(2)14(21)16-12-5-4-6-19(9-12)13-7-15-18(3)10-13/h7,10-12,20H,4-6,8-9H2,1-3H3,(H,16,21). The number of rotatable bonds is 4. The number of carbonyl (C=O) groups excluding carboxylic acids is 1. The third-order valence-corrected chi connectivity index (χ3v) is 3.69. The van der Waals surface area contributed by atoms with Gasteiger partial charge in [-0.15, -0.1) is 0 Å². The van der Waals surface area contributed by atoms with Gasteiger partial charge < -0.3 is 20.2 Å². The second-order valence-corrected chi connectivity index (χ2v) is 5.84. The molecule has 2 atom stereocenters. The van der Waals surface area contributed by atoms with Gasteiger partial charge in [0.15, 0.2) is 0 Å². The molecule has 7 nitrogen and oxygen atoms in total. The molecule has 1 aliphatic heterocycles. The van der Waals surface area contributed by atoms with Crippen molar-refractivity contribution in [2.24, 2.45) is 7.05 Å². The lowest BCUT2D eigenvalue weighted by Crippen LogP contribution is -2.51. The predicted molar refractivity (Wildman–Crippen MR) is 81.3 cm³/mol. The highest BCUT2D eigenvalue weighted by molar-refractivity contribution is 5.74. The summed E-state index contributed by atoms with van der Waals surface area (Å²) in [7, 11) is 3.60. The Balaban J connectivity index is 1.88. The molecule has 0 bridgehead atoms. The molecule has 0 aromatic carbocycles. The van der Waals surface area contributed by atoms with Gasteiger partial charge in [0.2, 0.25) is 0 Å². The fourth-order valence-electron chi connectivity index (χ4n) is 2.67. The third-order valence-electron chi connectivity index (χ3n) is 3.69. The summed E-state index contributed by atoms with van der Waals surface area (Å²) in [4.78, 5) is 15.8. The lowest BCUT2D eigenvalue weighted by atomic mass is 10.1. The van der Waals surface area contributed by atoms with Crippen molar-refractivity contribution in [1.29, 1.82) is 0 Å². The van der Waals surface area contributed by atoms with Gasteiger partial charge in [-0.2, -0.15) is 5.10 Å². The van der Waals surface area contributed by atoms with Crippen molar-refractivity contribution in [3.63, 3.8) is 0 Å². The van der Waals surface area contributed by atoms with E-state index in [-0.39, 0.29) is 12.1 Å². The quantitative estimate of drug-likeness (QED) is 0.844. The molecule has 1 aromatic rings. The maximum atomic E-state index is 12.1. The molecule has 1 aliphatic rings. The molecule has 2 unspecified atom stereocenters. The first-order chi connectivity index (χ1) is 9.95. The summed E-state index contributed by atoms with van der Waals surface area (Å²) >= 11 is 0. The van der Waals surface area contributed by atoms with Gasteiger partial charge in [-0.1, -0.05) is 0 Å². The van der Waals surface area contributed by atoms with Crippen molar-refractivity contribution >= 4 is 11.7 Å². The molecule has 2 heterocycles. The molecule has 1 saturated heterocycles. The fraction of sp³-hybridized carbons (Fsp3) is 0.714. The Morgan fingerprint density at radius 1 is 1.67 bits per heavy atom. The van der Waals surface area contributed by atoms with E-state index in [2.05, 4.69) is 15.3 Å². The van der Waals surface area contributed by atoms with E-state index in [4.69, 9.17) is 0 Å². The molecule has 118 valence electrons. The highest BCUT2D eigenvalue weighted by atomic mass is 16.3. The van der Waals surface area contributed by atoms with E-state index in [1.165, 1.54) is 4.90 Å². The molecule has 0 spiro atoms. The van der Waals surface area contributed by atoms with Gasteiger partial charge in [-0.3, -0.25) is 4.68 Å². The number of hydrogen-bond donors (Lipinski definition) is 2. The molecule has 0 saturated carbocycles. The number of urea groups is 1. The summed E-state index contributed by atoms with van der Waals surface area (Å²) in [6, 6.07) is -0.00292. The van der Waals surface area contributed by atoms with Crippen LogP contribution < -0.4 is 10.2 Å². The summed E-state index contributed by atoms with van der Waals surface area (Å²) in [6.07, 6.45) is 5.34. The Bertz CT molecular complexity index is 474. The monoisotopic (exact) mass is 295 g/mol. The van der Waals surface area contributed by atoms with Crippen LogP contribution in [0.15, 0.2) is 12.4 Å². The van der Waals surface area contributed by atoms with Crippen molar-refractivity contribution in [2.75, 3.05) is 31.6 Å². The first kappa shape index (κ1) is 15.6. The third kappa shape index (κ3) is 4.35. The smallest absolute Gasteiger partial charge is 0.317 e. The molecule has 2 N–H and O–H groups in total. The zero-order valence-corrected chi connectivity index (χ0v) is 13.0. The second-order valence-electron chi connectivity index (χ2n) is 5.84. The summed E-state index contributed by atoms with van der Waals surface area (Å²) < 4.78 is 1.79. The van der Waals surface area contributed by atoms with Crippen molar-refractivity contribution in [3.8, 4) is 0 Å². The minimum Gasteiger partial charge on any atom is -0.392 e. The number of amides is 2. The summed E-state index contributed by atoms with van der Waals surface area (Å²) in [5.74, 6) is 0. The van der Waals surface area contributed by atoms with E-state index in [1.807, 2.05) is 19.4 Å². The van der Waals surface area contributed by atoms with Crippen LogP contribution in [-0.2, 0) is 7.05 Å². The number of hydrogen-bond acceptors (Lipinski definition) is 4. The molecule has 1 aromatic heterocycles. The zero-order valence-electron chi connectivity index (χ0n) is 13.0. The molecular weight excluding hydrogens is 270 g/mol. The van der Waals surface area contributed by atoms with E-state index in [0.717, 1.165) is 31.6 Å². The van der Waals surface area contributed by atoms with Crippen LogP contribution in [0.4, 0.5) is 10.5 Å². The Hall–Kier alpha value is -1.76. The number of aromatic nitrogens is 2. The number of nitrogens with zero attached hydrogens (tertiary/aromatic N) is 4. The van der Waals surface area contributed by atoms with Gasteiger partial charge >= 0.3 is 6.03 Å². The van der Waals surface area contributed by atoms with Crippen LogP contribution in [0.25, 0.3) is 0 Å². The molecule has 2 amide bonds. The summed E-state index contributed by atoms with van der Waals surface area (Å²) in [6.45, 7) is 3.79. The fourth-order valence-corrected chi connectivity index (χ4v) is 2.67. The topological polar surface area (TPSA) is 73.6 Å². The number of aryl methyl sites for hydroxylation is 1. The molecular formula is C14H25N5O2. The number of piperidine rings is 1. The van der Waals surface area contributed by atoms with Gasteiger partial charge in [0.25, 0.3) is 0 Å². The van der Waals surface area contributed by atoms with Crippen LogP contribution in [0, 0.1) is 0 Å². The van der Waals surface area contributed by atoms with Crippen LogP contribution in [-0.4, -0.2) is 64.6 Å². The van der Waals surface area contributed by atoms with Gasteiger partial charge in [-0.25, -0.2) is 4.79 Å². The van der Waals surface area contributed by atoms with Crippen LogP contribution in [0.3, 0.4) is 0 Å². The Labute approximate surface area is 125 Å². The van der Waals surface area contributed by atoms with Gasteiger partial charge in [0, 0.05) is 46.0 Å². The summed E-state index contributed by atoms with van der Waals surface area (Å²) in [5.41, 5.74) is 1.09. The predicted octanol–water partition coefficient (Wildman–Crippen LogP) is 0.411. The first-order valence-electron chi connectivity index (χ1n) is 7.39. The van der Waals surface area contributed by atoms with E-state index in [1.54, 1.807) is 18.7 Å². The van der Waals surface area contributed by atoms with Gasteiger partial charge in [-0.05, 0) is 19.8 Å². The van der Waals surface area contributed by atoms with Crippen molar-refractivity contribution in [2.45, 2.75) is 31.9 Å². The van der Waals surface area contributed by atoms with Crippen LogP contribution in [0.1, 0.15) is 19.8 Å². The number of carbonyl (C=O) groups is 1. The summed E-state index contributed by atoms with van der Waals surface area (Å²) in [5, 5.41) is 16.6. The molecule has 0 radical (unpaired) electrons. The highest BCUT2D eigenvalue weighted by Crippen LogP contribution is 2.19. The average Bonchev–Trinajstić information content (AvgIpc) is 2.85. The van der Waals surface area contributed by atoms with Crippen molar-refractivity contribution in [1.82, 2.24) is 20.0 Å². The lowest BCUT2D eigenvalue weighted by molar-refractivity contribution is 0.142. The minimum atomic E-state index is -0.515. The largest absolute Gasteiger partial charge is 0.392 e. The lowest BCUT2D eigenvalue weighted by Gasteiger charge is -2.34. The van der Waals surface area contributed by atoms with Crippen LogP contribution in [0.5, 0.6) is 0 Å². The SMILES string of the molecule is CC(O)CN(C)C(=O)NC1CCCN(c2cnn(C)c2)C1. The number of aliphatic hydroxyl groups is 1. The maximum absolute atomic E-state index is 12.1. The van der Waals surface area contributed by atoms with E-state index < -0.39 is 6.10 Å². The number of aliphatic hydroxyl groups excluding tert-OH is 1. The van der Waals surface area contributed by atoms with E-state index in [0.29, 0.717) is 6.54 Å². The van der Waals surface area contributed by atoms with Crippen molar-refractivity contribution in [3.05, 3.63) is 12.4 Å². The van der Waals surface area contributed by atoms with Crippen molar-refractivity contribution < 1.29 is 9.90 Å². The average molecular weight is 295 g/mol. The first-order valence-corrected chi connectivity index (χ1v) is 7.39. The maximum Gasteiger partial charge on any atom is 0.317 e. The Morgan fingerprint density at radius 3 is 3.05 bits per heavy atom. The van der Waals surface area contributed by atoms with E-state index >= 15 is 0 Å². The van der Waals surface area contributed by atoms with Gasteiger partial charge in [0.05, 0.1) is 18.0 Å². The molecule has 2 rings (SSSR count). The van der Waals surface area contributed by atoms with Crippen LogP contribution in [0.2, 0.25) is 0 Å². The zero-order chi connectivity index (χ0) is 15.4. The van der Waals surface area contributed by atoms with Crippen LogP contribution >= 0.6 is 0 Å². The molecule has 21 heavy (non-hydrogen) atoms. The van der Waals surface area contributed by atoms with Gasteiger partial charge in [0.1, 0.15) is 0 Å². The normalized spacial score (nSPS) is 20.2. The van der Waals surface area contributed by atoms with E-state index in [9.17, 15) is 9.90 Å².